The molecule has 0 aliphatic heterocycles. The van der Waals surface area contributed by atoms with Crippen molar-refractivity contribution in [3.63, 3.8) is 0 Å². The van der Waals surface area contributed by atoms with Gasteiger partial charge in [-0.2, -0.15) is 5.10 Å². The molecule has 152 valence electrons. The number of hydrogen-bond acceptors (Lipinski definition) is 4. The average Bonchev–Trinajstić information content (AvgIpc) is 3.02. The van der Waals surface area contributed by atoms with Gasteiger partial charge in [-0.1, -0.05) is 30.3 Å². The van der Waals surface area contributed by atoms with E-state index in [0.29, 0.717) is 17.8 Å². The summed E-state index contributed by atoms with van der Waals surface area (Å²) in [5, 5.41) is 7.66. The van der Waals surface area contributed by atoms with E-state index >= 15 is 0 Å². The van der Waals surface area contributed by atoms with Crippen LogP contribution in [0.5, 0.6) is 5.75 Å². The number of ether oxygens (including phenoxy) is 1. The molecule has 1 N–H and O–H groups in total. The minimum absolute atomic E-state index is 0.0267. The largest absolute Gasteiger partial charge is 0.497 e. The third-order valence-electron chi connectivity index (χ3n) is 5.08. The fraction of sp³-hybridized carbons (Fsp3) is 0.304. The summed E-state index contributed by atoms with van der Waals surface area (Å²) in [7, 11) is 5.65. The molecule has 3 rings (SSSR count). The molecule has 0 radical (unpaired) electrons. The van der Waals surface area contributed by atoms with E-state index in [2.05, 4.69) is 15.3 Å². The van der Waals surface area contributed by atoms with Crippen LogP contribution in [0.15, 0.2) is 54.6 Å². The average molecular weight is 393 g/mol. The number of carbonyl (C=O) groups excluding carboxylic acids is 1. The van der Waals surface area contributed by atoms with Gasteiger partial charge in [-0.15, -0.1) is 0 Å². The summed E-state index contributed by atoms with van der Waals surface area (Å²) in [5.41, 5.74) is 4.19. The molecule has 1 amide bonds. The van der Waals surface area contributed by atoms with Crippen LogP contribution in [0.1, 0.15) is 33.4 Å². The summed E-state index contributed by atoms with van der Waals surface area (Å²) in [5.74, 6) is 0.688. The van der Waals surface area contributed by atoms with Crippen molar-refractivity contribution < 1.29 is 9.53 Å². The molecule has 1 aromatic heterocycles. The van der Waals surface area contributed by atoms with Gasteiger partial charge in [-0.25, -0.2) is 4.68 Å². The SMILES string of the molecule is COc1cccc(C(CNC(=O)c2c(C)nn(-c3ccccc3)c2C)N(C)C)c1. The van der Waals surface area contributed by atoms with Gasteiger partial charge in [0.25, 0.3) is 5.91 Å². The first-order valence-corrected chi connectivity index (χ1v) is 9.62. The highest BCUT2D eigenvalue weighted by atomic mass is 16.5. The molecule has 0 saturated heterocycles. The minimum Gasteiger partial charge on any atom is -0.497 e. The molecule has 0 fully saturated rings. The Balaban J connectivity index is 1.80. The first kappa shape index (κ1) is 20.6. The van der Waals surface area contributed by atoms with Crippen LogP contribution in [0.25, 0.3) is 5.69 Å². The highest BCUT2D eigenvalue weighted by Gasteiger charge is 2.21. The number of nitrogens with one attached hydrogen (secondary N) is 1. The molecular formula is C23H28N4O2. The molecule has 1 heterocycles. The van der Waals surface area contributed by atoms with Gasteiger partial charge < -0.3 is 15.0 Å². The second-order valence-corrected chi connectivity index (χ2v) is 7.26. The Hall–Kier alpha value is -3.12. The summed E-state index contributed by atoms with van der Waals surface area (Å²) < 4.78 is 7.15. The van der Waals surface area contributed by atoms with Crippen molar-refractivity contribution in [2.75, 3.05) is 27.7 Å². The van der Waals surface area contributed by atoms with Gasteiger partial charge in [0, 0.05) is 6.54 Å². The number of aromatic nitrogens is 2. The second kappa shape index (κ2) is 8.92. The van der Waals surface area contributed by atoms with E-state index in [1.54, 1.807) is 7.11 Å². The normalized spacial score (nSPS) is 12.1. The lowest BCUT2D eigenvalue weighted by atomic mass is 10.1. The van der Waals surface area contributed by atoms with Gasteiger partial charge in [0.2, 0.25) is 0 Å². The van der Waals surface area contributed by atoms with Gasteiger partial charge >= 0.3 is 0 Å². The quantitative estimate of drug-likeness (QED) is 0.668. The first-order valence-electron chi connectivity index (χ1n) is 9.62. The van der Waals surface area contributed by atoms with Crippen molar-refractivity contribution in [2.24, 2.45) is 0 Å². The van der Waals surface area contributed by atoms with Crippen LogP contribution in [0.2, 0.25) is 0 Å². The van der Waals surface area contributed by atoms with E-state index in [9.17, 15) is 4.79 Å². The number of carbonyl (C=O) groups is 1. The molecule has 0 bridgehead atoms. The lowest BCUT2D eigenvalue weighted by Gasteiger charge is -2.25. The zero-order valence-corrected chi connectivity index (χ0v) is 17.6. The molecule has 6 nitrogen and oxygen atoms in total. The molecule has 1 unspecified atom stereocenters. The number of nitrogens with zero attached hydrogens (tertiary/aromatic N) is 3. The number of amides is 1. The first-order chi connectivity index (χ1) is 13.9. The van der Waals surface area contributed by atoms with Crippen molar-refractivity contribution in [1.29, 1.82) is 0 Å². The molecule has 29 heavy (non-hydrogen) atoms. The van der Waals surface area contributed by atoms with E-state index < -0.39 is 0 Å². The Morgan fingerprint density at radius 2 is 1.86 bits per heavy atom. The standard InChI is InChI=1S/C23H28N4O2/c1-16-22(17(2)27(25-16)19-11-7-6-8-12-19)23(28)24-15-21(26(3)4)18-10-9-13-20(14-18)29-5/h6-14,21H,15H2,1-5H3,(H,24,28). The van der Waals surface area contributed by atoms with Crippen molar-refractivity contribution >= 4 is 5.91 Å². The molecule has 3 aromatic rings. The third kappa shape index (κ3) is 4.49. The number of para-hydroxylation sites is 1. The molecule has 0 spiro atoms. The fourth-order valence-electron chi connectivity index (χ4n) is 3.52. The third-order valence-corrected chi connectivity index (χ3v) is 5.08. The molecule has 0 aliphatic carbocycles. The summed E-state index contributed by atoms with van der Waals surface area (Å²) in [6, 6.07) is 17.8. The molecule has 6 heteroatoms. The van der Waals surface area contributed by atoms with Crippen molar-refractivity contribution in [2.45, 2.75) is 19.9 Å². The van der Waals surface area contributed by atoms with E-state index in [-0.39, 0.29) is 11.9 Å². The van der Waals surface area contributed by atoms with E-state index in [1.165, 1.54) is 0 Å². The van der Waals surface area contributed by atoms with Gasteiger partial charge in [-0.05, 0) is 57.8 Å². The molecule has 2 aromatic carbocycles. The van der Waals surface area contributed by atoms with Gasteiger partial charge in [0.15, 0.2) is 0 Å². The Labute approximate surface area is 172 Å². The van der Waals surface area contributed by atoms with Crippen LogP contribution in [0.4, 0.5) is 0 Å². The molecule has 0 saturated carbocycles. The van der Waals surface area contributed by atoms with Crippen LogP contribution in [0, 0.1) is 13.8 Å². The lowest BCUT2D eigenvalue weighted by molar-refractivity contribution is 0.0940. The maximum atomic E-state index is 13.0. The van der Waals surface area contributed by atoms with Crippen molar-refractivity contribution in [1.82, 2.24) is 20.0 Å². The number of aryl methyl sites for hydroxylation is 1. The second-order valence-electron chi connectivity index (χ2n) is 7.26. The number of methoxy groups -OCH3 is 1. The Bertz CT molecular complexity index is 980. The smallest absolute Gasteiger partial charge is 0.255 e. The fourth-order valence-corrected chi connectivity index (χ4v) is 3.52. The van der Waals surface area contributed by atoms with Crippen LogP contribution in [-0.4, -0.2) is 48.3 Å². The van der Waals surface area contributed by atoms with Gasteiger partial charge in [0.1, 0.15) is 5.75 Å². The molecular weight excluding hydrogens is 364 g/mol. The van der Waals surface area contributed by atoms with E-state index in [1.807, 2.05) is 87.2 Å². The predicted octanol–water partition coefficient (Wildman–Crippen LogP) is 3.53. The monoisotopic (exact) mass is 392 g/mol. The zero-order valence-electron chi connectivity index (χ0n) is 17.6. The van der Waals surface area contributed by atoms with E-state index in [4.69, 9.17) is 4.74 Å². The summed E-state index contributed by atoms with van der Waals surface area (Å²) in [6.45, 7) is 4.27. The van der Waals surface area contributed by atoms with Crippen molar-refractivity contribution in [3.05, 3.63) is 77.1 Å². The summed E-state index contributed by atoms with van der Waals surface area (Å²) in [4.78, 5) is 15.1. The maximum Gasteiger partial charge on any atom is 0.255 e. The van der Waals surface area contributed by atoms with Crippen molar-refractivity contribution in [3.8, 4) is 11.4 Å². The Morgan fingerprint density at radius 1 is 1.14 bits per heavy atom. The summed E-state index contributed by atoms with van der Waals surface area (Å²) in [6.07, 6.45) is 0. The van der Waals surface area contributed by atoms with Gasteiger partial charge in [0.05, 0.1) is 35.8 Å². The maximum absolute atomic E-state index is 13.0. The predicted molar refractivity (Wildman–Crippen MR) is 115 cm³/mol. The number of benzene rings is 2. The van der Waals surface area contributed by atoms with Crippen LogP contribution in [0.3, 0.4) is 0 Å². The van der Waals surface area contributed by atoms with Gasteiger partial charge in [-0.3, -0.25) is 4.79 Å². The van der Waals surface area contributed by atoms with Crippen LogP contribution < -0.4 is 10.1 Å². The Morgan fingerprint density at radius 3 is 2.52 bits per heavy atom. The molecule has 0 aliphatic rings. The van der Waals surface area contributed by atoms with E-state index in [0.717, 1.165) is 22.7 Å². The number of rotatable bonds is 7. The Kier molecular flexibility index (Phi) is 6.34. The van der Waals surface area contributed by atoms with Crippen LogP contribution >= 0.6 is 0 Å². The highest BCUT2D eigenvalue weighted by molar-refractivity contribution is 5.96. The summed E-state index contributed by atoms with van der Waals surface area (Å²) >= 11 is 0. The number of likely N-dealkylation sites (N-methyl/N-ethyl adjacent to an activating group) is 1. The number of hydrogen-bond donors (Lipinski definition) is 1. The zero-order chi connectivity index (χ0) is 21.0. The highest BCUT2D eigenvalue weighted by Crippen LogP contribution is 2.23. The molecule has 1 atom stereocenters. The lowest BCUT2D eigenvalue weighted by Crippen LogP contribution is -2.35. The topological polar surface area (TPSA) is 59.4 Å². The van der Waals surface area contributed by atoms with Crippen LogP contribution in [-0.2, 0) is 0 Å². The minimum atomic E-state index is -0.114.